The number of carbonyl (C=O) groups excluding carboxylic acids is 1. The molecule has 2 aromatic rings. The van der Waals surface area contributed by atoms with Crippen molar-refractivity contribution in [2.45, 2.75) is 19.4 Å². The van der Waals surface area contributed by atoms with Crippen LogP contribution in [0.25, 0.3) is 0 Å². The van der Waals surface area contributed by atoms with E-state index in [1.54, 1.807) is 12.3 Å². The summed E-state index contributed by atoms with van der Waals surface area (Å²) in [7, 11) is 0. The summed E-state index contributed by atoms with van der Waals surface area (Å²) in [6.07, 6.45) is 2.41. The molecule has 0 aliphatic heterocycles. The molecule has 1 atom stereocenters. The SMILES string of the molecule is CC(OCCCNC(=O)c1cc(Cl)c[nH]1)c1ccccc1. The first-order valence-corrected chi connectivity index (χ1v) is 7.33. The maximum Gasteiger partial charge on any atom is 0.267 e. The Morgan fingerprint density at radius 3 is 2.81 bits per heavy atom. The van der Waals surface area contributed by atoms with Crippen LogP contribution >= 0.6 is 11.6 Å². The van der Waals surface area contributed by atoms with Gasteiger partial charge in [-0.1, -0.05) is 41.9 Å². The summed E-state index contributed by atoms with van der Waals surface area (Å²) in [6.45, 7) is 3.19. The van der Waals surface area contributed by atoms with Gasteiger partial charge in [0.25, 0.3) is 5.91 Å². The van der Waals surface area contributed by atoms with E-state index in [4.69, 9.17) is 16.3 Å². The highest BCUT2D eigenvalue weighted by Crippen LogP contribution is 2.15. The van der Waals surface area contributed by atoms with Gasteiger partial charge in [0.05, 0.1) is 11.1 Å². The van der Waals surface area contributed by atoms with E-state index in [0.29, 0.717) is 23.9 Å². The molecule has 1 amide bonds. The van der Waals surface area contributed by atoms with Gasteiger partial charge >= 0.3 is 0 Å². The lowest BCUT2D eigenvalue weighted by Gasteiger charge is -2.13. The van der Waals surface area contributed by atoms with Crippen LogP contribution in [0.15, 0.2) is 42.6 Å². The van der Waals surface area contributed by atoms with Gasteiger partial charge < -0.3 is 15.0 Å². The van der Waals surface area contributed by atoms with E-state index in [9.17, 15) is 4.79 Å². The Morgan fingerprint density at radius 1 is 1.38 bits per heavy atom. The number of amides is 1. The van der Waals surface area contributed by atoms with Crippen LogP contribution in [0.1, 0.15) is 35.5 Å². The molecule has 0 bridgehead atoms. The summed E-state index contributed by atoms with van der Waals surface area (Å²) in [5, 5.41) is 3.34. The number of aromatic nitrogens is 1. The fourth-order valence-electron chi connectivity index (χ4n) is 1.95. The molecule has 1 aromatic heterocycles. The lowest BCUT2D eigenvalue weighted by atomic mass is 10.1. The molecule has 4 nitrogen and oxygen atoms in total. The molecule has 21 heavy (non-hydrogen) atoms. The number of hydrogen-bond donors (Lipinski definition) is 2. The molecule has 112 valence electrons. The minimum Gasteiger partial charge on any atom is -0.374 e. The van der Waals surface area contributed by atoms with Gasteiger partial charge in [-0.05, 0) is 25.0 Å². The Labute approximate surface area is 129 Å². The lowest BCUT2D eigenvalue weighted by molar-refractivity contribution is 0.0634. The molecule has 0 saturated heterocycles. The largest absolute Gasteiger partial charge is 0.374 e. The zero-order valence-corrected chi connectivity index (χ0v) is 12.7. The van der Waals surface area contributed by atoms with Crippen molar-refractivity contribution in [3.8, 4) is 0 Å². The van der Waals surface area contributed by atoms with Gasteiger partial charge in [-0.2, -0.15) is 0 Å². The van der Waals surface area contributed by atoms with E-state index < -0.39 is 0 Å². The smallest absolute Gasteiger partial charge is 0.267 e. The second-order valence-corrected chi connectivity index (χ2v) is 5.20. The van der Waals surface area contributed by atoms with E-state index in [1.165, 1.54) is 0 Å². The Balaban J connectivity index is 1.63. The van der Waals surface area contributed by atoms with Crippen LogP contribution in [-0.4, -0.2) is 24.0 Å². The predicted molar refractivity (Wildman–Crippen MR) is 83.6 cm³/mol. The number of carbonyl (C=O) groups is 1. The number of benzene rings is 1. The van der Waals surface area contributed by atoms with Gasteiger partial charge in [-0.3, -0.25) is 4.79 Å². The third-order valence-corrected chi connectivity index (χ3v) is 3.35. The highest BCUT2D eigenvalue weighted by atomic mass is 35.5. The first-order valence-electron chi connectivity index (χ1n) is 6.95. The molecule has 1 unspecified atom stereocenters. The van der Waals surface area contributed by atoms with E-state index in [2.05, 4.69) is 10.3 Å². The molecule has 1 heterocycles. The van der Waals surface area contributed by atoms with Crippen LogP contribution in [0.4, 0.5) is 0 Å². The van der Waals surface area contributed by atoms with Gasteiger partial charge in [0.15, 0.2) is 0 Å². The second kappa shape index (κ2) is 7.86. The van der Waals surface area contributed by atoms with E-state index >= 15 is 0 Å². The van der Waals surface area contributed by atoms with Crippen LogP contribution in [0.5, 0.6) is 0 Å². The van der Waals surface area contributed by atoms with Crippen LogP contribution in [0, 0.1) is 0 Å². The Hall–Kier alpha value is -1.78. The fourth-order valence-corrected chi connectivity index (χ4v) is 2.11. The third-order valence-electron chi connectivity index (χ3n) is 3.14. The average molecular weight is 307 g/mol. The molecular formula is C16H19ClN2O2. The Morgan fingerprint density at radius 2 is 2.14 bits per heavy atom. The van der Waals surface area contributed by atoms with Gasteiger partial charge in [0, 0.05) is 19.3 Å². The van der Waals surface area contributed by atoms with Crippen molar-refractivity contribution in [1.82, 2.24) is 10.3 Å². The van der Waals surface area contributed by atoms with Crippen molar-refractivity contribution >= 4 is 17.5 Å². The average Bonchev–Trinajstić information content (AvgIpc) is 2.94. The van der Waals surface area contributed by atoms with E-state index in [0.717, 1.165) is 12.0 Å². The van der Waals surface area contributed by atoms with Crippen molar-refractivity contribution in [3.63, 3.8) is 0 Å². The summed E-state index contributed by atoms with van der Waals surface area (Å²) in [4.78, 5) is 14.5. The Kier molecular flexibility index (Phi) is 5.84. The van der Waals surface area contributed by atoms with Crippen molar-refractivity contribution in [3.05, 3.63) is 58.9 Å². The molecule has 0 radical (unpaired) electrons. The molecule has 1 aromatic carbocycles. The number of rotatable bonds is 7. The highest BCUT2D eigenvalue weighted by Gasteiger charge is 2.07. The fraction of sp³-hybridized carbons (Fsp3) is 0.312. The van der Waals surface area contributed by atoms with Crippen molar-refractivity contribution in [2.75, 3.05) is 13.2 Å². The molecule has 0 saturated carbocycles. The zero-order chi connectivity index (χ0) is 15.1. The molecule has 2 N–H and O–H groups in total. The molecule has 0 spiro atoms. The molecule has 5 heteroatoms. The summed E-state index contributed by atoms with van der Waals surface area (Å²) in [6, 6.07) is 11.7. The normalized spacial score (nSPS) is 12.1. The minimum absolute atomic E-state index is 0.0594. The monoisotopic (exact) mass is 306 g/mol. The van der Waals surface area contributed by atoms with Gasteiger partial charge in [-0.15, -0.1) is 0 Å². The lowest BCUT2D eigenvalue weighted by Crippen LogP contribution is -2.25. The first kappa shape index (κ1) is 15.6. The summed E-state index contributed by atoms with van der Waals surface area (Å²) < 4.78 is 5.74. The second-order valence-electron chi connectivity index (χ2n) is 4.76. The third kappa shape index (κ3) is 4.92. The topological polar surface area (TPSA) is 54.1 Å². The Bertz CT molecular complexity index is 569. The van der Waals surface area contributed by atoms with Crippen molar-refractivity contribution < 1.29 is 9.53 Å². The quantitative estimate of drug-likeness (QED) is 0.768. The predicted octanol–water partition coefficient (Wildman–Crippen LogP) is 3.57. The zero-order valence-electron chi connectivity index (χ0n) is 11.9. The molecule has 2 rings (SSSR count). The number of halogens is 1. The molecule has 0 fully saturated rings. The van der Waals surface area contributed by atoms with Crippen molar-refractivity contribution in [2.24, 2.45) is 0 Å². The molecular weight excluding hydrogens is 288 g/mol. The number of H-pyrrole nitrogens is 1. The van der Waals surface area contributed by atoms with Crippen LogP contribution < -0.4 is 5.32 Å². The van der Waals surface area contributed by atoms with Crippen LogP contribution in [0.2, 0.25) is 5.02 Å². The standard InChI is InChI=1S/C16H19ClN2O2/c1-12(13-6-3-2-4-7-13)21-9-5-8-18-16(20)15-10-14(17)11-19-15/h2-4,6-7,10-12,19H,5,8-9H2,1H3,(H,18,20). The number of aromatic amines is 1. The summed E-state index contributed by atoms with van der Waals surface area (Å²) in [5.41, 5.74) is 1.63. The number of nitrogens with one attached hydrogen (secondary N) is 2. The number of ether oxygens (including phenoxy) is 1. The van der Waals surface area contributed by atoms with Crippen LogP contribution in [-0.2, 0) is 4.74 Å². The van der Waals surface area contributed by atoms with Gasteiger partial charge in [0.2, 0.25) is 0 Å². The maximum atomic E-state index is 11.7. The first-order chi connectivity index (χ1) is 10.2. The number of hydrogen-bond acceptors (Lipinski definition) is 2. The van der Waals surface area contributed by atoms with E-state index in [1.807, 2.05) is 37.3 Å². The minimum atomic E-state index is -0.155. The summed E-state index contributed by atoms with van der Waals surface area (Å²) in [5.74, 6) is -0.155. The van der Waals surface area contributed by atoms with Crippen molar-refractivity contribution in [1.29, 1.82) is 0 Å². The highest BCUT2D eigenvalue weighted by molar-refractivity contribution is 6.30. The van der Waals surface area contributed by atoms with Gasteiger partial charge in [-0.25, -0.2) is 0 Å². The molecule has 0 aliphatic rings. The molecule has 0 aliphatic carbocycles. The summed E-state index contributed by atoms with van der Waals surface area (Å²) >= 11 is 5.75. The van der Waals surface area contributed by atoms with Gasteiger partial charge in [0.1, 0.15) is 5.69 Å². The maximum absolute atomic E-state index is 11.7. The van der Waals surface area contributed by atoms with Crippen LogP contribution in [0.3, 0.4) is 0 Å². The van der Waals surface area contributed by atoms with E-state index in [-0.39, 0.29) is 12.0 Å².